The molecular weight excluding hydrogens is 1960 g/mol. The maximum atomic E-state index is 12.9. The van der Waals surface area contributed by atoms with E-state index in [4.69, 9.17) is 49.5 Å². The molecule has 0 aliphatic carbocycles. The van der Waals surface area contributed by atoms with E-state index in [0.29, 0.717) is 93.7 Å². The zero-order chi connectivity index (χ0) is 113. The second-order valence-corrected chi connectivity index (χ2v) is 38.1. The summed E-state index contributed by atoms with van der Waals surface area (Å²) in [5.74, 6) is -6.83. The van der Waals surface area contributed by atoms with Gasteiger partial charge in [-0.1, -0.05) is 0 Å². The van der Waals surface area contributed by atoms with Crippen molar-refractivity contribution in [1.82, 2.24) is 73.2 Å². The number of aliphatic carboxylic acids is 2. The number of hydrogen-bond acceptors (Lipinski definition) is 30. The van der Waals surface area contributed by atoms with Crippen LogP contribution in [0.2, 0.25) is 0 Å². The first-order valence-corrected chi connectivity index (χ1v) is 47.3. The minimum atomic E-state index is -1.24. The first-order chi connectivity index (χ1) is 70.1. The molecule has 49 nitrogen and oxygen atoms in total. The van der Waals surface area contributed by atoms with Gasteiger partial charge in [0.15, 0.2) is 0 Å². The number of carbonyl (C=O) groups is 19. The summed E-state index contributed by atoms with van der Waals surface area (Å²) in [7, 11) is 4.12. The molecule has 0 spiro atoms. The van der Waals surface area contributed by atoms with Crippen LogP contribution in [-0.2, 0) is 62.0 Å². The normalized spacial score (nSPS) is 10.8. The number of carbonyl (C=O) groups excluding carboxylic acids is 17. The highest BCUT2D eigenvalue weighted by Crippen LogP contribution is 2.21. The molecule has 0 saturated carbocycles. The number of carboxylic acid groups (broad SMARTS) is 2. The molecule has 22 N–H and O–H groups in total. The van der Waals surface area contributed by atoms with Crippen LogP contribution in [-0.4, -0.2) is 323 Å². The van der Waals surface area contributed by atoms with E-state index in [-0.39, 0.29) is 103 Å². The van der Waals surface area contributed by atoms with E-state index in [1.54, 1.807) is 229 Å². The van der Waals surface area contributed by atoms with Crippen LogP contribution < -0.4 is 96.1 Å². The van der Waals surface area contributed by atoms with E-state index >= 15 is 0 Å². The molecule has 0 atom stereocenters. The summed E-state index contributed by atoms with van der Waals surface area (Å²) in [5, 5.41) is 69.3. The Hall–Kier alpha value is -16.2. The second kappa shape index (κ2) is 65.4. The van der Waals surface area contributed by atoms with E-state index in [2.05, 4.69) is 90.4 Å². The van der Waals surface area contributed by atoms with Gasteiger partial charge in [0.1, 0.15) is 46.7 Å². The maximum absolute atomic E-state index is 12.9. The van der Waals surface area contributed by atoms with E-state index in [9.17, 15) is 91.1 Å². The van der Waals surface area contributed by atoms with Crippen molar-refractivity contribution in [1.29, 1.82) is 0 Å². The van der Waals surface area contributed by atoms with Crippen LogP contribution >= 0.6 is 0 Å². The van der Waals surface area contributed by atoms with Crippen LogP contribution in [0.4, 0.5) is 62.9 Å². The van der Waals surface area contributed by atoms with Crippen LogP contribution in [0.5, 0.6) is 0 Å². The summed E-state index contributed by atoms with van der Waals surface area (Å²) in [4.78, 5) is 231. The highest BCUT2D eigenvalue weighted by atomic mass is 16.6. The molecule has 6 aromatic carbocycles. The highest BCUT2D eigenvalue weighted by molar-refractivity contribution is 6.00. The van der Waals surface area contributed by atoms with Gasteiger partial charge in [0.05, 0.1) is 32.7 Å². The number of anilines is 6. The Morgan fingerprint density at radius 1 is 0.253 bits per heavy atom. The van der Waals surface area contributed by atoms with Crippen molar-refractivity contribution in [3.8, 4) is 0 Å². The molecule has 6 aromatic rings. The van der Waals surface area contributed by atoms with Crippen molar-refractivity contribution in [2.45, 2.75) is 158 Å². The third-order valence-corrected chi connectivity index (χ3v) is 18.0. The van der Waals surface area contributed by atoms with Gasteiger partial charge in [-0.3, -0.25) is 94.2 Å². The maximum Gasteiger partial charge on any atom is 0.412 e. The van der Waals surface area contributed by atoms with Crippen molar-refractivity contribution in [3.63, 3.8) is 0 Å². The molecular formula is C101H147N21O28. The molecule has 49 heteroatoms. The summed E-state index contributed by atoms with van der Waals surface area (Å²) in [6.45, 7) is 32.1. The molecule has 0 aliphatic heterocycles. The predicted octanol–water partition coefficient (Wildman–Crippen LogP) is 7.09. The Bertz CT molecular complexity index is 5110. The van der Waals surface area contributed by atoms with Gasteiger partial charge in [-0.05, 0) is 284 Å². The number of ether oxygens (including phenoxy) is 6. The minimum Gasteiger partial charge on any atom is -0.480 e. The quantitative estimate of drug-likeness (QED) is 0.0134. The van der Waals surface area contributed by atoms with Crippen molar-refractivity contribution in [3.05, 3.63) is 179 Å². The molecule has 824 valence electrons. The summed E-state index contributed by atoms with van der Waals surface area (Å²) >= 11 is 0. The van der Waals surface area contributed by atoms with E-state index in [1.807, 2.05) is 0 Å². The van der Waals surface area contributed by atoms with Crippen LogP contribution in [0.15, 0.2) is 146 Å². The Labute approximate surface area is 872 Å². The molecule has 0 bridgehead atoms. The van der Waals surface area contributed by atoms with Crippen LogP contribution in [0.1, 0.15) is 187 Å². The molecule has 150 heavy (non-hydrogen) atoms. The number of hydrogen-bond donors (Lipinski definition) is 21. The molecule has 0 unspecified atom stereocenters. The Morgan fingerprint density at radius 3 is 0.620 bits per heavy atom. The summed E-state index contributed by atoms with van der Waals surface area (Å²) < 4.78 is 31.3. The van der Waals surface area contributed by atoms with Crippen LogP contribution in [0, 0.1) is 0 Å². The average molecular weight is 2100 g/mol. The SMILES string of the molecule is CC(C)(C)OC(=O)Nc1ccc(C(=O)NCCN(CCNC(=O)c2ccc(NC(=O)OC(C)(C)C)cc2)C(=O)CNC(=O)CN)cc1.CC(C)(C)OC(=O)Nc1ccc(C(=O)NCCNCCNC(=O)c2ccc(NC(=O)OC(C)(C)C)cc2)cc1.CNCC(=O)N(CC(=O)O)CC(=O)O.CNCC(=O)NCC(=O)N(CCNC(=O)c1ccc(NC(=O)OC(C)(C)C)cc1)CCNC(=O)c1ccc(NC(=O)OC(C)(C)C)cc1.CO. The Morgan fingerprint density at radius 2 is 0.440 bits per heavy atom. The van der Waals surface area contributed by atoms with Crippen molar-refractivity contribution >= 4 is 148 Å². The zero-order valence-electron chi connectivity index (χ0n) is 88.8. The molecule has 17 amide bonds. The predicted molar refractivity (Wildman–Crippen MR) is 561 cm³/mol. The lowest BCUT2D eigenvalue weighted by Crippen LogP contribution is -2.47. The highest BCUT2D eigenvalue weighted by Gasteiger charge is 2.27. The number of aliphatic hydroxyl groups is 1. The van der Waals surface area contributed by atoms with Crippen LogP contribution in [0.3, 0.4) is 0 Å². The fraction of sp³-hybridized carbons (Fsp3) is 0.455. The molecule has 0 fully saturated rings. The lowest BCUT2D eigenvalue weighted by Gasteiger charge is -2.23. The largest absolute Gasteiger partial charge is 0.480 e. The number of amides is 17. The van der Waals surface area contributed by atoms with Gasteiger partial charge in [0, 0.05) is 153 Å². The number of rotatable bonds is 43. The lowest BCUT2D eigenvalue weighted by molar-refractivity contribution is -0.149. The number of nitrogens with zero attached hydrogens (tertiary/aromatic N) is 3. The van der Waals surface area contributed by atoms with Crippen LogP contribution in [0.25, 0.3) is 0 Å². The topological polar surface area (TPSA) is 681 Å². The van der Waals surface area contributed by atoms with Crippen molar-refractivity contribution in [2.24, 2.45) is 5.73 Å². The first kappa shape index (κ1) is 130. The summed E-state index contributed by atoms with van der Waals surface area (Å²) in [6.07, 6.45) is -3.60. The van der Waals surface area contributed by atoms with E-state index in [0.717, 1.165) is 12.0 Å². The van der Waals surface area contributed by atoms with Gasteiger partial charge >= 0.3 is 48.5 Å². The molecule has 0 saturated heterocycles. The number of aliphatic hydroxyl groups excluding tert-OH is 1. The van der Waals surface area contributed by atoms with Crippen molar-refractivity contribution < 1.29 is 135 Å². The molecule has 0 aliphatic rings. The number of carboxylic acids is 2. The molecule has 0 radical (unpaired) electrons. The van der Waals surface area contributed by atoms with Crippen molar-refractivity contribution in [2.75, 3.05) is 177 Å². The Kier molecular flexibility index (Phi) is 56.7. The smallest absolute Gasteiger partial charge is 0.412 e. The Balaban J connectivity index is 0.000000709. The average Bonchev–Trinajstić information content (AvgIpc) is 0.874. The fourth-order valence-corrected chi connectivity index (χ4v) is 11.7. The van der Waals surface area contributed by atoms with Gasteiger partial charge in [0.25, 0.3) is 35.4 Å². The van der Waals surface area contributed by atoms with E-state index in [1.165, 1.54) is 65.4 Å². The molecule has 0 aromatic heterocycles. The standard InChI is InChI=1S/C33H47N7O8.C32H45N7O8.C28H39N5O6.C7H12N2O5.CH4O/c1-32(2,3)47-30(45)38-24-12-8-22(9-13-24)28(43)35-16-18-40(27(42)21-37-26(41)20-34-7)19-17-36-29(44)23-10-14-25(15-11-23)39-31(46)48-33(4,5)6;1-31(2,3)46-29(44)37-23-11-7-21(8-12-23)27(42)34-15-17-39(26(41)20-36-25(40)19-33)18-16-35-28(43)22-9-13-24(14-10-22)38-30(45)47-32(4,5)6;1-27(2,3)38-25(36)32-21-11-7-19(8-12-21)23(34)30-17-15-29-16-18-31-24(35)20-9-13-22(14-10-20)33-26(37)39-28(4,5)6;1-8-2-5(10)9(3-6(11)12)4-7(13)14;1-2/h8-15,34H,16-21H2,1-7H3,(H,35,43)(H,36,44)(H,37,41)(H,38,45)(H,39,46);7-14H,15-20,33H2,1-6H3,(H,34,42)(H,35,43)(H,36,40)(H,37,44)(H,38,45);7-14,29H,15-18H2,1-6H3,(H,30,34)(H,31,35)(H,32,36)(H,33,37);8H,2-4H2,1H3,(H,11,12)(H,13,14);2H,1H3. The first-order valence-electron chi connectivity index (χ1n) is 47.3. The minimum absolute atomic E-state index is 0.0392. The zero-order valence-corrected chi connectivity index (χ0v) is 88.8. The fourth-order valence-electron chi connectivity index (χ4n) is 11.7. The lowest BCUT2D eigenvalue weighted by atomic mass is 10.2. The second-order valence-electron chi connectivity index (χ2n) is 38.1. The third kappa shape index (κ3) is 60.1. The molecule has 6 rings (SSSR count). The monoisotopic (exact) mass is 2100 g/mol. The van der Waals surface area contributed by atoms with Gasteiger partial charge < -0.3 is 123 Å². The summed E-state index contributed by atoms with van der Waals surface area (Å²) in [6, 6.07) is 37.8. The summed E-state index contributed by atoms with van der Waals surface area (Å²) in [5.41, 5.74) is 6.58. The number of nitrogens with one attached hydrogen (secondary N) is 17. The third-order valence-electron chi connectivity index (χ3n) is 18.0. The van der Waals surface area contributed by atoms with Gasteiger partial charge in [-0.15, -0.1) is 0 Å². The number of likely N-dealkylation sites (N-methyl/N-ethyl adjacent to an activating group) is 2. The number of benzene rings is 6. The molecule has 0 heterocycles. The number of nitrogens with two attached hydrogens (primary N) is 1. The van der Waals surface area contributed by atoms with Gasteiger partial charge in [0.2, 0.25) is 29.5 Å². The van der Waals surface area contributed by atoms with Gasteiger partial charge in [-0.2, -0.15) is 0 Å². The van der Waals surface area contributed by atoms with Gasteiger partial charge in [-0.25, -0.2) is 28.8 Å². The van der Waals surface area contributed by atoms with E-state index < -0.39 is 142 Å².